The third-order valence-corrected chi connectivity index (χ3v) is 3.46. The van der Waals surface area contributed by atoms with Gasteiger partial charge in [-0.25, -0.2) is 0 Å². The number of hydrogen-bond acceptors (Lipinski definition) is 2. The Morgan fingerprint density at radius 1 is 0.810 bits per heavy atom. The third kappa shape index (κ3) is 2.25. The smallest absolute Gasteiger partial charge is 0.122 e. The summed E-state index contributed by atoms with van der Waals surface area (Å²) in [6.45, 7) is 0. The van der Waals surface area contributed by atoms with Gasteiger partial charge in [-0.3, -0.25) is 10.8 Å². The molecule has 0 aliphatic carbocycles. The number of nitrogen functional groups attached to an aromatic ring is 2. The Kier molecular flexibility index (Phi) is 2.95. The van der Waals surface area contributed by atoms with Crippen LogP contribution in [0.3, 0.4) is 0 Å². The molecule has 0 aliphatic rings. The lowest BCUT2D eigenvalue weighted by Crippen LogP contribution is -2.11. The molecule has 6 N–H and O–H groups in total. The van der Waals surface area contributed by atoms with Crippen LogP contribution >= 0.6 is 0 Å². The van der Waals surface area contributed by atoms with Gasteiger partial charge in [0.25, 0.3) is 0 Å². The van der Waals surface area contributed by atoms with Crippen LogP contribution in [0.1, 0.15) is 11.1 Å². The first-order valence-corrected chi connectivity index (χ1v) is 6.46. The summed E-state index contributed by atoms with van der Waals surface area (Å²) in [4.78, 5) is 0. The fourth-order valence-electron chi connectivity index (χ4n) is 2.32. The van der Waals surface area contributed by atoms with Gasteiger partial charge in [0.2, 0.25) is 0 Å². The molecule has 2 aromatic carbocycles. The highest BCUT2D eigenvalue weighted by molar-refractivity contribution is 5.99. The summed E-state index contributed by atoms with van der Waals surface area (Å²) in [5.41, 5.74) is 14.4. The van der Waals surface area contributed by atoms with Gasteiger partial charge in [-0.15, -0.1) is 0 Å². The lowest BCUT2D eigenvalue weighted by atomic mass is 10.1. The molecule has 0 saturated heterocycles. The van der Waals surface area contributed by atoms with Crippen LogP contribution < -0.4 is 11.5 Å². The molecule has 1 aromatic heterocycles. The first-order chi connectivity index (χ1) is 10.1. The second-order valence-corrected chi connectivity index (χ2v) is 4.83. The molecular formula is C16H15N5. The number of benzene rings is 2. The van der Waals surface area contributed by atoms with Crippen molar-refractivity contribution in [3.63, 3.8) is 0 Å². The summed E-state index contributed by atoms with van der Waals surface area (Å²) in [7, 11) is 0. The van der Waals surface area contributed by atoms with Gasteiger partial charge in [-0.05, 0) is 41.8 Å². The van der Waals surface area contributed by atoms with Crippen LogP contribution in [0.5, 0.6) is 0 Å². The number of nitrogens with zero attached hydrogens (tertiary/aromatic N) is 1. The van der Waals surface area contributed by atoms with E-state index in [0.717, 1.165) is 16.6 Å². The van der Waals surface area contributed by atoms with Gasteiger partial charge < -0.3 is 16.0 Å². The van der Waals surface area contributed by atoms with Crippen molar-refractivity contribution in [3.8, 4) is 5.69 Å². The van der Waals surface area contributed by atoms with E-state index in [1.165, 1.54) is 0 Å². The maximum Gasteiger partial charge on any atom is 0.122 e. The Bertz CT molecular complexity index is 843. The normalized spacial score (nSPS) is 10.7. The first kappa shape index (κ1) is 12.9. The van der Waals surface area contributed by atoms with Crippen LogP contribution in [-0.4, -0.2) is 16.2 Å². The van der Waals surface area contributed by atoms with E-state index in [0.29, 0.717) is 11.1 Å². The molecule has 0 amide bonds. The average molecular weight is 277 g/mol. The van der Waals surface area contributed by atoms with Crippen LogP contribution in [-0.2, 0) is 0 Å². The van der Waals surface area contributed by atoms with E-state index < -0.39 is 0 Å². The molecule has 3 rings (SSSR count). The van der Waals surface area contributed by atoms with Crippen molar-refractivity contribution in [2.45, 2.75) is 0 Å². The Balaban J connectivity index is 2.13. The summed E-state index contributed by atoms with van der Waals surface area (Å²) in [6, 6.07) is 15.2. The van der Waals surface area contributed by atoms with Crippen LogP contribution in [0.25, 0.3) is 16.6 Å². The van der Waals surface area contributed by atoms with Crippen molar-refractivity contribution in [1.29, 1.82) is 10.8 Å². The van der Waals surface area contributed by atoms with Gasteiger partial charge in [0.05, 0.1) is 5.52 Å². The fourth-order valence-corrected chi connectivity index (χ4v) is 2.32. The number of hydrogen-bond donors (Lipinski definition) is 4. The van der Waals surface area contributed by atoms with Gasteiger partial charge in [-0.1, -0.05) is 12.1 Å². The molecule has 1 heterocycles. The van der Waals surface area contributed by atoms with Crippen LogP contribution in [0.15, 0.2) is 54.7 Å². The molecule has 0 bridgehead atoms. The molecule has 0 radical (unpaired) electrons. The number of rotatable bonds is 3. The minimum absolute atomic E-state index is 0.0524. The third-order valence-electron chi connectivity index (χ3n) is 3.46. The Morgan fingerprint density at radius 3 is 2.05 bits per heavy atom. The molecule has 5 nitrogen and oxygen atoms in total. The lowest BCUT2D eigenvalue weighted by molar-refractivity contribution is 1.13. The van der Waals surface area contributed by atoms with E-state index >= 15 is 0 Å². The summed E-state index contributed by atoms with van der Waals surface area (Å²) in [5, 5.41) is 16.0. The summed E-state index contributed by atoms with van der Waals surface area (Å²) in [5.74, 6) is 0.106. The monoisotopic (exact) mass is 277 g/mol. The second kappa shape index (κ2) is 4.79. The van der Waals surface area contributed by atoms with Gasteiger partial charge in [0, 0.05) is 23.0 Å². The number of nitrogens with two attached hydrogens (primary N) is 2. The second-order valence-electron chi connectivity index (χ2n) is 4.83. The maximum absolute atomic E-state index is 7.55. The lowest BCUT2D eigenvalue weighted by Gasteiger charge is -2.08. The molecule has 21 heavy (non-hydrogen) atoms. The van der Waals surface area contributed by atoms with Gasteiger partial charge in [0.15, 0.2) is 0 Å². The summed E-state index contributed by atoms with van der Waals surface area (Å²) >= 11 is 0. The molecule has 104 valence electrons. The van der Waals surface area contributed by atoms with Crippen molar-refractivity contribution in [3.05, 3.63) is 65.9 Å². The first-order valence-electron chi connectivity index (χ1n) is 6.46. The zero-order valence-corrected chi connectivity index (χ0v) is 11.3. The predicted octanol–water partition coefficient (Wildman–Crippen LogP) is 2.20. The molecule has 5 heteroatoms. The molecule has 0 aliphatic heterocycles. The maximum atomic E-state index is 7.55. The van der Waals surface area contributed by atoms with Crippen molar-refractivity contribution in [2.75, 3.05) is 0 Å². The Hall–Kier alpha value is -3.08. The van der Waals surface area contributed by atoms with Crippen molar-refractivity contribution in [2.24, 2.45) is 11.5 Å². The summed E-state index contributed by atoms with van der Waals surface area (Å²) < 4.78 is 2.02. The van der Waals surface area contributed by atoms with Crippen LogP contribution in [0.4, 0.5) is 0 Å². The number of aromatic nitrogens is 1. The van der Waals surface area contributed by atoms with Crippen molar-refractivity contribution < 1.29 is 0 Å². The standard InChI is InChI=1S/C16H15N5/c17-15(18)11-3-5-13(6-4-11)21-8-7-10-1-2-12(16(19)20)9-14(10)21/h1-9H,(H3,17,18)(H3,19,20). The van der Waals surface area contributed by atoms with Crippen molar-refractivity contribution in [1.82, 2.24) is 4.57 Å². The number of nitrogens with one attached hydrogen (secondary N) is 2. The number of amidine groups is 2. The highest BCUT2D eigenvalue weighted by atomic mass is 15.0. The molecule has 0 saturated carbocycles. The van der Waals surface area contributed by atoms with Crippen LogP contribution in [0.2, 0.25) is 0 Å². The SMILES string of the molecule is N=C(N)c1ccc(-n2ccc3ccc(C(=N)N)cc32)cc1. The van der Waals surface area contributed by atoms with Crippen LogP contribution in [0, 0.1) is 10.8 Å². The van der Waals surface area contributed by atoms with E-state index in [4.69, 9.17) is 22.3 Å². The zero-order chi connectivity index (χ0) is 15.0. The van der Waals surface area contributed by atoms with E-state index in [-0.39, 0.29) is 11.7 Å². The quantitative estimate of drug-likeness (QED) is 0.435. The molecule has 0 unspecified atom stereocenters. The Morgan fingerprint density at radius 2 is 1.43 bits per heavy atom. The molecule has 0 spiro atoms. The zero-order valence-electron chi connectivity index (χ0n) is 11.3. The fraction of sp³-hybridized carbons (Fsp3) is 0. The molecule has 3 aromatic rings. The molecular weight excluding hydrogens is 262 g/mol. The van der Waals surface area contributed by atoms with Crippen molar-refractivity contribution >= 4 is 22.6 Å². The van der Waals surface area contributed by atoms with Gasteiger partial charge >= 0.3 is 0 Å². The summed E-state index contributed by atoms with van der Waals surface area (Å²) in [6.07, 6.45) is 1.97. The van der Waals surface area contributed by atoms with E-state index in [9.17, 15) is 0 Å². The topological polar surface area (TPSA) is 105 Å². The van der Waals surface area contributed by atoms with E-state index in [2.05, 4.69) is 0 Å². The van der Waals surface area contributed by atoms with E-state index in [1.807, 2.05) is 59.3 Å². The highest BCUT2D eigenvalue weighted by Crippen LogP contribution is 2.22. The number of fused-ring (bicyclic) bond motifs is 1. The molecule has 0 fully saturated rings. The predicted molar refractivity (Wildman–Crippen MR) is 85.3 cm³/mol. The van der Waals surface area contributed by atoms with E-state index in [1.54, 1.807) is 0 Å². The minimum atomic E-state index is 0.0524. The van der Waals surface area contributed by atoms with Gasteiger partial charge in [-0.2, -0.15) is 0 Å². The van der Waals surface area contributed by atoms with Gasteiger partial charge in [0.1, 0.15) is 11.7 Å². The minimum Gasteiger partial charge on any atom is -0.384 e. The Labute approximate surface area is 121 Å². The largest absolute Gasteiger partial charge is 0.384 e. The average Bonchev–Trinajstić information content (AvgIpc) is 2.90. The molecule has 0 atom stereocenters. The highest BCUT2D eigenvalue weighted by Gasteiger charge is 2.06.